The van der Waals surface area contributed by atoms with E-state index in [4.69, 9.17) is 11.6 Å². The molecular weight excluding hydrogens is 410 g/mol. The minimum atomic E-state index is -3.91. The number of hydrogen-bond donors (Lipinski definition) is 0. The molecule has 0 radical (unpaired) electrons. The van der Waals surface area contributed by atoms with Gasteiger partial charge in [-0.25, -0.2) is 13.4 Å². The van der Waals surface area contributed by atoms with Crippen LogP contribution in [0.3, 0.4) is 0 Å². The molecule has 4 rings (SSSR count). The summed E-state index contributed by atoms with van der Waals surface area (Å²) in [6, 6.07) is 10.8. The smallest absolute Gasteiger partial charge is 0.258 e. The Kier molecular flexibility index (Phi) is 4.63. The minimum Gasteiger partial charge on any atom is -0.258 e. The average molecular weight is 424 g/mol. The maximum atomic E-state index is 13.2. The molecule has 1 aromatic heterocycles. The highest BCUT2D eigenvalue weighted by Gasteiger charge is 2.38. The summed E-state index contributed by atoms with van der Waals surface area (Å²) >= 11 is 7.29. The van der Waals surface area contributed by atoms with Gasteiger partial charge in [0.25, 0.3) is 5.69 Å². The largest absolute Gasteiger partial charge is 0.289 e. The van der Waals surface area contributed by atoms with E-state index in [2.05, 4.69) is 4.98 Å². The Morgan fingerprint density at radius 1 is 1.26 bits per heavy atom. The van der Waals surface area contributed by atoms with Gasteiger partial charge in [0.15, 0.2) is 0 Å². The SMILES string of the molecule is O=[N+]([O-])c1cc(S(=O)(=O)N2CCCC2c2nc3ccccc3s2)ccc1Cl. The molecule has 0 aliphatic carbocycles. The first-order valence-electron chi connectivity index (χ1n) is 8.19. The molecule has 1 fully saturated rings. The van der Waals surface area contributed by atoms with E-state index < -0.39 is 20.6 Å². The van der Waals surface area contributed by atoms with Crippen molar-refractivity contribution in [3.05, 3.63) is 62.6 Å². The van der Waals surface area contributed by atoms with E-state index in [1.165, 1.54) is 27.8 Å². The van der Waals surface area contributed by atoms with Crippen LogP contribution in [0.1, 0.15) is 23.9 Å². The van der Waals surface area contributed by atoms with Gasteiger partial charge < -0.3 is 0 Å². The molecule has 27 heavy (non-hydrogen) atoms. The van der Waals surface area contributed by atoms with Crippen molar-refractivity contribution in [2.45, 2.75) is 23.8 Å². The maximum Gasteiger partial charge on any atom is 0.289 e. The molecule has 0 amide bonds. The molecule has 1 unspecified atom stereocenters. The van der Waals surface area contributed by atoms with Crippen molar-refractivity contribution >= 4 is 48.9 Å². The van der Waals surface area contributed by atoms with Crippen molar-refractivity contribution < 1.29 is 13.3 Å². The van der Waals surface area contributed by atoms with Gasteiger partial charge in [0.2, 0.25) is 10.0 Å². The fraction of sp³-hybridized carbons (Fsp3) is 0.235. The van der Waals surface area contributed by atoms with Crippen LogP contribution < -0.4 is 0 Å². The summed E-state index contributed by atoms with van der Waals surface area (Å²) in [5, 5.41) is 11.8. The lowest BCUT2D eigenvalue weighted by Crippen LogP contribution is -2.30. The second kappa shape index (κ2) is 6.83. The molecule has 3 aromatic rings. The molecule has 10 heteroatoms. The molecule has 1 saturated heterocycles. The van der Waals surface area contributed by atoms with Crippen molar-refractivity contribution in [1.29, 1.82) is 0 Å². The lowest BCUT2D eigenvalue weighted by atomic mass is 10.2. The van der Waals surface area contributed by atoms with Crippen molar-refractivity contribution in [3.8, 4) is 0 Å². The van der Waals surface area contributed by atoms with Crippen LogP contribution in [0, 0.1) is 10.1 Å². The number of nitrogens with zero attached hydrogens (tertiary/aromatic N) is 3. The second-order valence-electron chi connectivity index (χ2n) is 6.16. The van der Waals surface area contributed by atoms with Crippen LogP contribution in [0.25, 0.3) is 10.2 Å². The molecule has 0 spiro atoms. The second-order valence-corrected chi connectivity index (χ2v) is 9.52. The summed E-state index contributed by atoms with van der Waals surface area (Å²) in [6.45, 7) is 0.347. The molecule has 0 saturated carbocycles. The Morgan fingerprint density at radius 3 is 2.78 bits per heavy atom. The lowest BCUT2D eigenvalue weighted by Gasteiger charge is -2.22. The molecular formula is C17H14ClN3O4S2. The first-order valence-corrected chi connectivity index (χ1v) is 10.8. The third kappa shape index (κ3) is 3.20. The predicted molar refractivity (Wildman–Crippen MR) is 104 cm³/mol. The van der Waals surface area contributed by atoms with E-state index in [1.54, 1.807) is 0 Å². The number of thiazole rings is 1. The number of benzene rings is 2. The Balaban J connectivity index is 1.74. The van der Waals surface area contributed by atoms with Crippen LogP contribution >= 0.6 is 22.9 Å². The molecule has 7 nitrogen and oxygen atoms in total. The molecule has 2 aromatic carbocycles. The Hall–Kier alpha value is -2.07. The van der Waals surface area contributed by atoms with Crippen molar-refractivity contribution in [1.82, 2.24) is 9.29 Å². The summed E-state index contributed by atoms with van der Waals surface area (Å²) in [5.74, 6) is 0. The normalized spacial score (nSPS) is 18.2. The monoisotopic (exact) mass is 423 g/mol. The fourth-order valence-corrected chi connectivity index (χ4v) is 6.29. The Morgan fingerprint density at radius 2 is 2.04 bits per heavy atom. The number of halogens is 1. The molecule has 2 heterocycles. The number of nitro groups is 1. The molecule has 0 N–H and O–H groups in total. The summed E-state index contributed by atoms with van der Waals surface area (Å²) in [7, 11) is -3.91. The Labute approximate surface area is 164 Å². The van der Waals surface area contributed by atoms with Gasteiger partial charge in [0.05, 0.1) is 26.1 Å². The van der Waals surface area contributed by atoms with Gasteiger partial charge >= 0.3 is 0 Å². The van der Waals surface area contributed by atoms with Crippen LogP contribution in [0.5, 0.6) is 0 Å². The highest BCUT2D eigenvalue weighted by Crippen LogP contribution is 2.40. The molecule has 0 bridgehead atoms. The number of hydrogen-bond acceptors (Lipinski definition) is 6. The third-order valence-electron chi connectivity index (χ3n) is 4.52. The number of fused-ring (bicyclic) bond motifs is 1. The van der Waals surface area contributed by atoms with Crippen LogP contribution in [-0.2, 0) is 10.0 Å². The standard InChI is InChI=1S/C17H14ClN3O4S2/c18-12-8-7-11(10-15(12)21(22)23)27(24,25)20-9-3-5-14(20)17-19-13-4-1-2-6-16(13)26-17/h1-2,4,6-8,10,14H,3,5,9H2. The minimum absolute atomic E-state index is 0.0944. The molecule has 1 atom stereocenters. The number of para-hydroxylation sites is 1. The van der Waals surface area contributed by atoms with E-state index >= 15 is 0 Å². The van der Waals surface area contributed by atoms with Crippen molar-refractivity contribution in [2.24, 2.45) is 0 Å². The first kappa shape index (κ1) is 18.3. The quantitative estimate of drug-likeness (QED) is 0.458. The molecule has 1 aliphatic rings. The first-order chi connectivity index (χ1) is 12.9. The van der Waals surface area contributed by atoms with E-state index in [0.29, 0.717) is 19.4 Å². The van der Waals surface area contributed by atoms with Gasteiger partial charge in [-0.3, -0.25) is 10.1 Å². The zero-order valence-corrected chi connectivity index (χ0v) is 16.3. The summed E-state index contributed by atoms with van der Waals surface area (Å²) < 4.78 is 28.7. The number of aromatic nitrogens is 1. The lowest BCUT2D eigenvalue weighted by molar-refractivity contribution is -0.384. The van der Waals surface area contributed by atoms with E-state index in [1.807, 2.05) is 24.3 Å². The van der Waals surface area contributed by atoms with E-state index in [9.17, 15) is 18.5 Å². The maximum absolute atomic E-state index is 13.2. The van der Waals surface area contributed by atoms with Gasteiger partial charge in [-0.05, 0) is 37.1 Å². The molecule has 140 valence electrons. The van der Waals surface area contributed by atoms with E-state index in [-0.39, 0.29) is 16.0 Å². The van der Waals surface area contributed by atoms with Crippen LogP contribution in [0.2, 0.25) is 5.02 Å². The number of sulfonamides is 1. The number of rotatable bonds is 4. The van der Waals surface area contributed by atoms with Crippen LogP contribution in [0.15, 0.2) is 47.4 Å². The summed E-state index contributed by atoms with van der Waals surface area (Å²) in [6.07, 6.45) is 1.37. The summed E-state index contributed by atoms with van der Waals surface area (Å²) in [4.78, 5) is 14.9. The molecule has 1 aliphatic heterocycles. The average Bonchev–Trinajstić information content (AvgIpc) is 3.28. The van der Waals surface area contributed by atoms with Gasteiger partial charge in [0, 0.05) is 12.6 Å². The zero-order valence-electron chi connectivity index (χ0n) is 13.9. The topological polar surface area (TPSA) is 93.4 Å². The predicted octanol–water partition coefficient (Wildman–Crippen LogP) is 4.38. The van der Waals surface area contributed by atoms with Gasteiger partial charge in [-0.15, -0.1) is 11.3 Å². The van der Waals surface area contributed by atoms with Gasteiger partial charge in [-0.1, -0.05) is 23.7 Å². The summed E-state index contributed by atoms with van der Waals surface area (Å²) in [5.41, 5.74) is 0.414. The van der Waals surface area contributed by atoms with Crippen LogP contribution in [0.4, 0.5) is 5.69 Å². The highest BCUT2D eigenvalue weighted by atomic mass is 35.5. The van der Waals surface area contributed by atoms with E-state index in [0.717, 1.165) is 21.3 Å². The highest BCUT2D eigenvalue weighted by molar-refractivity contribution is 7.89. The van der Waals surface area contributed by atoms with Gasteiger partial charge in [-0.2, -0.15) is 4.31 Å². The van der Waals surface area contributed by atoms with Crippen molar-refractivity contribution in [2.75, 3.05) is 6.54 Å². The van der Waals surface area contributed by atoms with Crippen molar-refractivity contribution in [3.63, 3.8) is 0 Å². The van der Waals surface area contributed by atoms with Gasteiger partial charge in [0.1, 0.15) is 10.0 Å². The number of nitro benzene ring substituents is 1. The fourth-order valence-electron chi connectivity index (χ4n) is 3.24. The van der Waals surface area contributed by atoms with Crippen LogP contribution in [-0.4, -0.2) is 29.2 Å². The zero-order chi connectivity index (χ0) is 19.2. The Bertz CT molecular complexity index is 1110. The third-order valence-corrected chi connectivity index (χ3v) is 7.88.